The summed E-state index contributed by atoms with van der Waals surface area (Å²) in [7, 11) is 0. The van der Waals surface area contributed by atoms with Crippen LogP contribution in [-0.2, 0) is 5.41 Å². The van der Waals surface area contributed by atoms with Gasteiger partial charge in [-0.3, -0.25) is 0 Å². The molecule has 8 aromatic carbocycles. The highest BCUT2D eigenvalue weighted by Gasteiger charge is 2.52. The first-order chi connectivity index (χ1) is 28.3. The summed E-state index contributed by atoms with van der Waals surface area (Å²) in [6.07, 6.45) is 0. The van der Waals surface area contributed by atoms with Gasteiger partial charge in [-0.2, -0.15) is 0 Å². The summed E-state index contributed by atoms with van der Waals surface area (Å²) in [5.74, 6) is 0.677. The second kappa shape index (κ2) is 12.3. The number of aromatic nitrogens is 3. The van der Waals surface area contributed by atoms with Gasteiger partial charge in [0, 0.05) is 33.0 Å². The van der Waals surface area contributed by atoms with Crippen LogP contribution >= 0.6 is 0 Å². The SMILES string of the molecule is c1ccc(-c2cc(-c3ccccc3)nc(-c3cccc(-c4nc5ccccc5c5ccc6c(c45)-c4ccccc4C64c5ccccc5-c5ccccc54)c3)n2)cc1. The lowest BCUT2D eigenvalue weighted by atomic mass is 9.70. The van der Waals surface area contributed by atoms with Crippen molar-refractivity contribution in [2.24, 2.45) is 0 Å². The van der Waals surface area contributed by atoms with Gasteiger partial charge in [0.15, 0.2) is 5.82 Å². The average Bonchev–Trinajstić information content (AvgIpc) is 3.77. The van der Waals surface area contributed by atoms with Crippen molar-refractivity contribution in [3.8, 4) is 67.4 Å². The molecule has 2 aromatic heterocycles. The minimum Gasteiger partial charge on any atom is -0.247 e. The molecule has 0 unspecified atom stereocenters. The van der Waals surface area contributed by atoms with E-state index in [2.05, 4.69) is 188 Å². The Labute approximate surface area is 330 Å². The van der Waals surface area contributed by atoms with Crippen molar-refractivity contribution in [2.75, 3.05) is 0 Å². The Morgan fingerprint density at radius 1 is 0.333 bits per heavy atom. The van der Waals surface area contributed by atoms with Gasteiger partial charge in [0.25, 0.3) is 0 Å². The van der Waals surface area contributed by atoms with Crippen molar-refractivity contribution in [2.45, 2.75) is 5.41 Å². The summed E-state index contributed by atoms with van der Waals surface area (Å²) in [6, 6.07) is 71.8. The fourth-order valence-electron chi connectivity index (χ4n) is 9.73. The number of fused-ring (bicyclic) bond motifs is 14. The molecule has 0 bridgehead atoms. The number of para-hydroxylation sites is 1. The van der Waals surface area contributed by atoms with Crippen LogP contribution in [0.15, 0.2) is 200 Å². The molecule has 0 N–H and O–H groups in total. The molecule has 3 heteroatoms. The van der Waals surface area contributed by atoms with Crippen molar-refractivity contribution < 1.29 is 0 Å². The lowest BCUT2D eigenvalue weighted by molar-refractivity contribution is 0.794. The predicted octanol–water partition coefficient (Wildman–Crippen LogP) is 13.2. The molecule has 0 atom stereocenters. The van der Waals surface area contributed by atoms with Crippen LogP contribution in [-0.4, -0.2) is 15.0 Å². The zero-order valence-corrected chi connectivity index (χ0v) is 30.9. The fourth-order valence-corrected chi connectivity index (χ4v) is 9.73. The van der Waals surface area contributed by atoms with Crippen LogP contribution in [0.5, 0.6) is 0 Å². The van der Waals surface area contributed by atoms with Gasteiger partial charge in [0.2, 0.25) is 0 Å². The Bertz CT molecular complexity index is 3140. The lowest BCUT2D eigenvalue weighted by Crippen LogP contribution is -2.25. The summed E-state index contributed by atoms with van der Waals surface area (Å²) in [6.45, 7) is 0. The van der Waals surface area contributed by atoms with Crippen LogP contribution in [0.3, 0.4) is 0 Å². The summed E-state index contributed by atoms with van der Waals surface area (Å²) >= 11 is 0. The first kappa shape index (κ1) is 31.8. The molecule has 57 heavy (non-hydrogen) atoms. The van der Waals surface area contributed by atoms with E-state index in [9.17, 15) is 0 Å². The number of benzene rings is 8. The molecular formula is C54H33N3. The van der Waals surface area contributed by atoms with Crippen LogP contribution in [0.2, 0.25) is 0 Å². The van der Waals surface area contributed by atoms with E-state index in [4.69, 9.17) is 15.0 Å². The molecular weight excluding hydrogens is 691 g/mol. The first-order valence-electron chi connectivity index (χ1n) is 19.5. The van der Waals surface area contributed by atoms with Gasteiger partial charge in [0.1, 0.15) is 0 Å². The van der Waals surface area contributed by atoms with E-state index >= 15 is 0 Å². The van der Waals surface area contributed by atoms with E-state index in [0.717, 1.165) is 50.2 Å². The fraction of sp³-hybridized carbons (Fsp3) is 0.0185. The highest BCUT2D eigenvalue weighted by molar-refractivity contribution is 6.19. The van der Waals surface area contributed by atoms with Gasteiger partial charge in [0.05, 0.1) is 28.0 Å². The van der Waals surface area contributed by atoms with Crippen molar-refractivity contribution in [3.63, 3.8) is 0 Å². The summed E-state index contributed by atoms with van der Waals surface area (Å²) < 4.78 is 0. The summed E-state index contributed by atoms with van der Waals surface area (Å²) in [4.78, 5) is 15.9. The van der Waals surface area contributed by atoms with Gasteiger partial charge in [-0.1, -0.05) is 182 Å². The van der Waals surface area contributed by atoms with E-state index in [-0.39, 0.29) is 0 Å². The maximum absolute atomic E-state index is 5.55. The van der Waals surface area contributed by atoms with E-state index in [1.807, 2.05) is 12.1 Å². The Morgan fingerprint density at radius 3 is 1.53 bits per heavy atom. The minimum atomic E-state index is -0.447. The zero-order chi connectivity index (χ0) is 37.5. The molecule has 0 saturated carbocycles. The first-order valence-corrected chi connectivity index (χ1v) is 19.5. The lowest BCUT2D eigenvalue weighted by Gasteiger charge is -2.30. The maximum atomic E-state index is 5.55. The number of hydrogen-bond acceptors (Lipinski definition) is 3. The number of pyridine rings is 1. The Balaban J connectivity index is 1.14. The van der Waals surface area contributed by atoms with E-state index in [0.29, 0.717) is 5.82 Å². The highest BCUT2D eigenvalue weighted by Crippen LogP contribution is 2.64. The topological polar surface area (TPSA) is 38.7 Å². The van der Waals surface area contributed by atoms with Crippen LogP contribution < -0.4 is 0 Å². The standard InChI is InChI=1S/C54H33N3/c1-3-16-34(17-4-1)48-33-49(35-18-5-2-6-19-35)57-53(56-48)37-21-15-20-36(32-37)52-51-41(40-24-10-14-29-47(40)55-52)30-31-46-50(51)42-25-9-13-28-45(42)54(46)43-26-11-7-22-38(43)39-23-8-12-27-44(39)54/h1-33H. The molecule has 0 fully saturated rings. The molecule has 2 heterocycles. The average molecular weight is 724 g/mol. The summed E-state index contributed by atoms with van der Waals surface area (Å²) in [5.41, 5.74) is 17.7. The number of nitrogens with zero attached hydrogens (tertiary/aromatic N) is 3. The predicted molar refractivity (Wildman–Crippen MR) is 233 cm³/mol. The largest absolute Gasteiger partial charge is 0.247 e. The molecule has 0 radical (unpaired) electrons. The molecule has 0 aliphatic heterocycles. The molecule has 10 aromatic rings. The van der Waals surface area contributed by atoms with Gasteiger partial charge >= 0.3 is 0 Å². The molecule has 1 spiro atoms. The van der Waals surface area contributed by atoms with Crippen LogP contribution in [0.1, 0.15) is 22.3 Å². The van der Waals surface area contributed by atoms with Crippen LogP contribution in [0.4, 0.5) is 0 Å². The molecule has 0 amide bonds. The summed E-state index contributed by atoms with van der Waals surface area (Å²) in [5, 5.41) is 3.51. The smallest absolute Gasteiger partial charge is 0.160 e. The van der Waals surface area contributed by atoms with E-state index < -0.39 is 5.41 Å². The molecule has 0 saturated heterocycles. The monoisotopic (exact) mass is 723 g/mol. The Hall–Kier alpha value is -7.49. The number of rotatable bonds is 4. The normalized spacial score (nSPS) is 13.1. The molecule has 264 valence electrons. The van der Waals surface area contributed by atoms with Crippen molar-refractivity contribution in [1.82, 2.24) is 15.0 Å². The Kier molecular flexibility index (Phi) is 6.84. The maximum Gasteiger partial charge on any atom is 0.160 e. The quantitative estimate of drug-likeness (QED) is 0.170. The third kappa shape index (κ3) is 4.57. The van der Waals surface area contributed by atoms with Gasteiger partial charge < -0.3 is 0 Å². The second-order valence-electron chi connectivity index (χ2n) is 15.0. The van der Waals surface area contributed by atoms with Crippen LogP contribution in [0.25, 0.3) is 89.1 Å². The third-order valence-corrected chi connectivity index (χ3v) is 12.1. The van der Waals surface area contributed by atoms with E-state index in [1.165, 1.54) is 55.3 Å². The second-order valence-corrected chi connectivity index (χ2v) is 15.0. The molecule has 12 rings (SSSR count). The zero-order valence-electron chi connectivity index (χ0n) is 30.9. The van der Waals surface area contributed by atoms with Gasteiger partial charge in [-0.05, 0) is 68.1 Å². The third-order valence-electron chi connectivity index (χ3n) is 12.1. The van der Waals surface area contributed by atoms with E-state index in [1.54, 1.807) is 0 Å². The minimum absolute atomic E-state index is 0.447. The van der Waals surface area contributed by atoms with Crippen molar-refractivity contribution in [1.29, 1.82) is 0 Å². The molecule has 3 nitrogen and oxygen atoms in total. The van der Waals surface area contributed by atoms with Gasteiger partial charge in [-0.15, -0.1) is 0 Å². The highest BCUT2D eigenvalue weighted by atomic mass is 14.9. The molecule has 2 aliphatic carbocycles. The van der Waals surface area contributed by atoms with Crippen molar-refractivity contribution >= 4 is 21.7 Å². The Morgan fingerprint density at radius 2 is 0.860 bits per heavy atom. The van der Waals surface area contributed by atoms with Gasteiger partial charge in [-0.25, -0.2) is 15.0 Å². The van der Waals surface area contributed by atoms with Crippen molar-refractivity contribution in [3.05, 3.63) is 222 Å². The van der Waals surface area contributed by atoms with Crippen LogP contribution in [0, 0.1) is 0 Å². The number of hydrogen-bond donors (Lipinski definition) is 0. The molecule has 2 aliphatic rings.